The van der Waals surface area contributed by atoms with E-state index in [1.165, 1.54) is 0 Å². The van der Waals surface area contributed by atoms with E-state index in [2.05, 4.69) is 29.3 Å². The maximum atomic E-state index is 12.8. The fraction of sp³-hybridized carbons (Fsp3) is 0.625. The first-order valence-corrected chi connectivity index (χ1v) is 8.40. The van der Waals surface area contributed by atoms with Gasteiger partial charge in [-0.1, -0.05) is 19.1 Å². The highest BCUT2D eigenvalue weighted by Crippen LogP contribution is 2.21. The lowest BCUT2D eigenvalue weighted by molar-refractivity contribution is 0.0721. The normalized spacial score (nSPS) is 17.8. The molecule has 0 radical (unpaired) electrons. The van der Waals surface area contributed by atoms with Crippen LogP contribution in [0.1, 0.15) is 42.7 Å². The topological polar surface area (TPSA) is 89.1 Å². The fourth-order valence-corrected chi connectivity index (χ4v) is 3.12. The van der Waals surface area contributed by atoms with Crippen LogP contribution in [0.25, 0.3) is 0 Å². The van der Waals surface area contributed by atoms with Crippen molar-refractivity contribution in [1.82, 2.24) is 29.7 Å². The predicted molar refractivity (Wildman–Crippen MR) is 87.1 cm³/mol. The number of carbonyl (C=O) groups excluding carboxylic acids is 1. The Morgan fingerprint density at radius 3 is 2.92 bits per heavy atom. The van der Waals surface area contributed by atoms with Crippen molar-refractivity contribution in [1.29, 1.82) is 0 Å². The Labute approximate surface area is 141 Å². The molecule has 0 bridgehead atoms. The molecule has 0 spiro atoms. The van der Waals surface area contributed by atoms with Gasteiger partial charge in [-0.15, -0.1) is 5.10 Å². The lowest BCUT2D eigenvalue weighted by Crippen LogP contribution is -2.38. The van der Waals surface area contributed by atoms with E-state index < -0.39 is 0 Å². The van der Waals surface area contributed by atoms with Gasteiger partial charge in [-0.2, -0.15) is 5.10 Å². The largest absolute Gasteiger partial charge is 0.390 e. The molecule has 0 aliphatic carbocycles. The number of rotatable bonds is 6. The molecule has 3 rings (SSSR count). The number of aliphatic hydroxyl groups excluding tert-OH is 1. The second-order valence-electron chi connectivity index (χ2n) is 6.73. The minimum atomic E-state index is -0.123. The van der Waals surface area contributed by atoms with E-state index >= 15 is 0 Å². The maximum Gasteiger partial charge on any atom is 0.257 e. The zero-order valence-corrected chi connectivity index (χ0v) is 14.2. The number of carbonyl (C=O) groups is 1. The van der Waals surface area contributed by atoms with Crippen molar-refractivity contribution in [2.45, 2.75) is 52.4 Å². The summed E-state index contributed by atoms with van der Waals surface area (Å²) in [5, 5.41) is 21.2. The molecule has 1 aliphatic rings. The summed E-state index contributed by atoms with van der Waals surface area (Å²) in [5.74, 6) is 0.510. The number of amides is 1. The lowest BCUT2D eigenvalue weighted by atomic mass is 10.2. The van der Waals surface area contributed by atoms with Crippen molar-refractivity contribution in [3.8, 4) is 0 Å². The van der Waals surface area contributed by atoms with Gasteiger partial charge in [0.2, 0.25) is 0 Å². The summed E-state index contributed by atoms with van der Waals surface area (Å²) in [5.41, 5.74) is 1.18. The van der Waals surface area contributed by atoms with E-state index in [1.807, 2.05) is 15.8 Å². The van der Waals surface area contributed by atoms with E-state index in [4.69, 9.17) is 5.11 Å². The summed E-state index contributed by atoms with van der Waals surface area (Å²) in [4.78, 5) is 14.7. The van der Waals surface area contributed by atoms with Crippen LogP contribution < -0.4 is 0 Å². The van der Waals surface area contributed by atoms with Gasteiger partial charge in [0.1, 0.15) is 5.69 Å². The van der Waals surface area contributed by atoms with Crippen molar-refractivity contribution in [3.63, 3.8) is 0 Å². The van der Waals surface area contributed by atoms with Gasteiger partial charge in [0.25, 0.3) is 5.91 Å². The van der Waals surface area contributed by atoms with Crippen LogP contribution in [0.3, 0.4) is 0 Å². The molecule has 0 aromatic carbocycles. The van der Waals surface area contributed by atoms with Crippen LogP contribution in [-0.4, -0.2) is 53.3 Å². The van der Waals surface area contributed by atoms with Crippen molar-refractivity contribution in [3.05, 3.63) is 29.8 Å². The summed E-state index contributed by atoms with van der Waals surface area (Å²) in [7, 11) is 0. The van der Waals surface area contributed by atoms with Gasteiger partial charge in [-0.25, -0.2) is 0 Å². The highest BCUT2D eigenvalue weighted by atomic mass is 16.3. The molecular weight excluding hydrogens is 308 g/mol. The van der Waals surface area contributed by atoms with Gasteiger partial charge in [-0.3, -0.25) is 14.2 Å². The van der Waals surface area contributed by atoms with E-state index in [0.29, 0.717) is 23.7 Å². The standard InChI is InChI=1S/C16H24N6O2/c1-12(2)7-20-8-13(6-17-20)16(24)22-5-3-4-15(22)10-21-9-14(11-23)18-19-21/h6,8-9,12,15,23H,3-5,7,10-11H2,1-2H3/t15-/m0/s1. The van der Waals surface area contributed by atoms with Gasteiger partial charge in [0.15, 0.2) is 0 Å². The van der Waals surface area contributed by atoms with Crippen LogP contribution in [0.2, 0.25) is 0 Å². The molecule has 2 aromatic rings. The van der Waals surface area contributed by atoms with Crippen LogP contribution >= 0.6 is 0 Å². The Bertz CT molecular complexity index is 692. The smallest absolute Gasteiger partial charge is 0.257 e. The highest BCUT2D eigenvalue weighted by Gasteiger charge is 2.30. The molecule has 1 saturated heterocycles. The molecule has 1 N–H and O–H groups in total. The monoisotopic (exact) mass is 332 g/mol. The third-order valence-corrected chi connectivity index (χ3v) is 4.22. The Morgan fingerprint density at radius 1 is 1.38 bits per heavy atom. The zero-order valence-electron chi connectivity index (χ0n) is 14.2. The van der Waals surface area contributed by atoms with E-state index in [-0.39, 0.29) is 18.6 Å². The minimum absolute atomic E-state index is 0.0232. The SMILES string of the molecule is CC(C)Cn1cc(C(=O)N2CCC[C@H]2Cn2cc(CO)nn2)cn1. The van der Waals surface area contributed by atoms with Gasteiger partial charge in [0, 0.05) is 19.3 Å². The minimum Gasteiger partial charge on any atom is -0.390 e. The molecule has 8 heteroatoms. The van der Waals surface area contributed by atoms with Gasteiger partial charge in [-0.05, 0) is 18.8 Å². The molecule has 1 atom stereocenters. The molecular formula is C16H24N6O2. The van der Waals surface area contributed by atoms with E-state index in [0.717, 1.165) is 25.9 Å². The lowest BCUT2D eigenvalue weighted by Gasteiger charge is -2.24. The van der Waals surface area contributed by atoms with Crippen molar-refractivity contribution in [2.75, 3.05) is 6.54 Å². The van der Waals surface area contributed by atoms with E-state index in [1.54, 1.807) is 17.1 Å². The second kappa shape index (κ2) is 7.12. The van der Waals surface area contributed by atoms with Gasteiger partial charge >= 0.3 is 0 Å². The number of hydrogen-bond acceptors (Lipinski definition) is 5. The summed E-state index contributed by atoms with van der Waals surface area (Å²) >= 11 is 0. The first-order valence-electron chi connectivity index (χ1n) is 8.40. The third kappa shape index (κ3) is 3.64. The fourth-order valence-electron chi connectivity index (χ4n) is 3.12. The first-order chi connectivity index (χ1) is 11.6. The Morgan fingerprint density at radius 2 is 2.21 bits per heavy atom. The number of nitrogens with zero attached hydrogens (tertiary/aromatic N) is 6. The second-order valence-corrected chi connectivity index (χ2v) is 6.73. The van der Waals surface area contributed by atoms with Crippen LogP contribution in [-0.2, 0) is 19.7 Å². The molecule has 0 unspecified atom stereocenters. The van der Waals surface area contributed by atoms with Crippen LogP contribution in [0.15, 0.2) is 18.6 Å². The first kappa shape index (κ1) is 16.6. The molecule has 0 saturated carbocycles. The van der Waals surface area contributed by atoms with Gasteiger partial charge < -0.3 is 10.0 Å². The summed E-state index contributed by atoms with van der Waals surface area (Å²) in [6.07, 6.45) is 7.14. The Kier molecular flexibility index (Phi) is 4.94. The zero-order chi connectivity index (χ0) is 17.1. The molecule has 130 valence electrons. The maximum absolute atomic E-state index is 12.8. The number of hydrogen-bond donors (Lipinski definition) is 1. The molecule has 1 fully saturated rings. The summed E-state index contributed by atoms with van der Waals surface area (Å²) in [6, 6.07) is 0.0965. The van der Waals surface area contributed by atoms with Crippen LogP contribution in [0.5, 0.6) is 0 Å². The number of aromatic nitrogens is 5. The van der Waals surface area contributed by atoms with Gasteiger partial charge in [0.05, 0.1) is 37.2 Å². The third-order valence-electron chi connectivity index (χ3n) is 4.22. The van der Waals surface area contributed by atoms with E-state index in [9.17, 15) is 4.79 Å². The molecule has 1 aliphatic heterocycles. The summed E-state index contributed by atoms with van der Waals surface area (Å²) < 4.78 is 3.53. The van der Waals surface area contributed by atoms with Crippen LogP contribution in [0, 0.1) is 5.92 Å². The average Bonchev–Trinajstić information content (AvgIpc) is 3.27. The molecule has 8 nitrogen and oxygen atoms in total. The van der Waals surface area contributed by atoms with Crippen molar-refractivity contribution < 1.29 is 9.90 Å². The molecule has 1 amide bonds. The molecule has 2 aromatic heterocycles. The molecule has 3 heterocycles. The quantitative estimate of drug-likeness (QED) is 0.850. The Hall–Kier alpha value is -2.22. The number of aliphatic hydroxyl groups is 1. The molecule has 24 heavy (non-hydrogen) atoms. The average molecular weight is 332 g/mol. The number of likely N-dealkylation sites (tertiary alicyclic amines) is 1. The predicted octanol–water partition coefficient (Wildman–Crippen LogP) is 0.928. The Balaban J connectivity index is 1.67. The highest BCUT2D eigenvalue weighted by molar-refractivity contribution is 5.94. The van der Waals surface area contributed by atoms with Crippen LogP contribution in [0.4, 0.5) is 0 Å². The summed E-state index contributed by atoms with van der Waals surface area (Å²) in [6.45, 7) is 6.28. The van der Waals surface area contributed by atoms with Crippen molar-refractivity contribution in [2.24, 2.45) is 5.92 Å². The van der Waals surface area contributed by atoms with Crippen molar-refractivity contribution >= 4 is 5.91 Å².